The molecule has 1 amide bonds. The van der Waals surface area contributed by atoms with E-state index in [1.807, 2.05) is 30.3 Å². The van der Waals surface area contributed by atoms with Crippen molar-refractivity contribution in [3.8, 4) is 16.2 Å². The molecule has 7 heteroatoms. The van der Waals surface area contributed by atoms with Crippen LogP contribution >= 0.6 is 11.3 Å². The minimum absolute atomic E-state index is 0.0981. The van der Waals surface area contributed by atoms with E-state index in [-0.39, 0.29) is 12.3 Å². The number of carbonyl (C=O) groups excluding carboxylic acids is 1. The molecule has 0 spiro atoms. The van der Waals surface area contributed by atoms with Gasteiger partial charge in [0.1, 0.15) is 12.4 Å². The highest BCUT2D eigenvalue weighted by Crippen LogP contribution is 2.42. The molecule has 1 aromatic heterocycles. The summed E-state index contributed by atoms with van der Waals surface area (Å²) < 4.78 is 11.1. The van der Waals surface area contributed by atoms with Crippen LogP contribution in [0.5, 0.6) is 5.75 Å². The molecule has 2 N–H and O–H groups in total. The highest BCUT2D eigenvalue weighted by Gasteiger charge is 2.37. The van der Waals surface area contributed by atoms with Gasteiger partial charge in [0, 0.05) is 29.2 Å². The molecule has 0 unspecified atom stereocenters. The van der Waals surface area contributed by atoms with Crippen molar-refractivity contribution >= 4 is 23.2 Å². The van der Waals surface area contributed by atoms with Crippen LogP contribution in [-0.4, -0.2) is 35.7 Å². The second kappa shape index (κ2) is 6.74. The maximum absolute atomic E-state index is 12.9. The Morgan fingerprint density at radius 3 is 2.77 bits per heavy atom. The summed E-state index contributed by atoms with van der Waals surface area (Å²) in [5.74, 6) is -0.328. The largest absolute Gasteiger partial charge is 0.488 e. The topological polar surface area (TPSA) is 84.9 Å². The highest BCUT2D eigenvalue weighted by molar-refractivity contribution is 7.17. The van der Waals surface area contributed by atoms with Crippen LogP contribution < -0.4 is 10.1 Å². The van der Waals surface area contributed by atoms with E-state index in [0.717, 1.165) is 21.8 Å². The van der Waals surface area contributed by atoms with Crippen molar-refractivity contribution < 1.29 is 24.2 Å². The summed E-state index contributed by atoms with van der Waals surface area (Å²) in [7, 11) is 0. The second-order valence-electron chi connectivity index (χ2n) is 6.67. The van der Waals surface area contributed by atoms with Crippen LogP contribution in [0.3, 0.4) is 0 Å². The molecule has 4 rings (SSSR count). The molecule has 0 saturated carbocycles. The molecule has 3 heterocycles. The Balaban J connectivity index is 1.60. The van der Waals surface area contributed by atoms with Gasteiger partial charge in [-0.25, -0.2) is 0 Å². The molecule has 26 heavy (non-hydrogen) atoms. The lowest BCUT2D eigenvalue weighted by Gasteiger charge is -2.36. The summed E-state index contributed by atoms with van der Waals surface area (Å²) >= 11 is 1.42. The number of amides is 1. The van der Waals surface area contributed by atoms with Gasteiger partial charge in [0.25, 0.3) is 5.91 Å². The SMILES string of the molecule is O=C(O)CC1(NC(=O)c2cc3c(s2)-c2ccccc2OC3)CCOCC1. The Labute approximate surface area is 154 Å². The fourth-order valence-corrected chi connectivity index (χ4v) is 4.60. The molecule has 136 valence electrons. The lowest BCUT2D eigenvalue weighted by atomic mass is 9.86. The average molecular weight is 373 g/mol. The minimum Gasteiger partial charge on any atom is -0.488 e. The lowest BCUT2D eigenvalue weighted by molar-refractivity contribution is -0.139. The number of ether oxygens (including phenoxy) is 2. The Morgan fingerprint density at radius 1 is 1.23 bits per heavy atom. The number of carboxylic acid groups (broad SMARTS) is 1. The summed E-state index contributed by atoms with van der Waals surface area (Å²) in [6, 6.07) is 9.61. The molecule has 1 saturated heterocycles. The van der Waals surface area contributed by atoms with Crippen LogP contribution in [0.15, 0.2) is 30.3 Å². The van der Waals surface area contributed by atoms with E-state index in [2.05, 4.69) is 5.32 Å². The van der Waals surface area contributed by atoms with E-state index in [1.54, 1.807) is 0 Å². The number of carboxylic acids is 1. The lowest BCUT2D eigenvalue weighted by Crippen LogP contribution is -2.53. The second-order valence-corrected chi connectivity index (χ2v) is 7.72. The molecule has 2 aliphatic rings. The molecule has 6 nitrogen and oxygen atoms in total. The first-order valence-corrected chi connectivity index (χ1v) is 9.35. The number of thiophene rings is 1. The third kappa shape index (κ3) is 3.20. The fourth-order valence-electron chi connectivity index (χ4n) is 3.51. The number of carbonyl (C=O) groups is 2. The number of benzene rings is 1. The molecule has 0 bridgehead atoms. The Bertz CT molecular complexity index is 853. The molecule has 1 aromatic carbocycles. The molecule has 2 aliphatic heterocycles. The predicted octanol–water partition coefficient (Wildman–Crippen LogP) is 3.06. The van der Waals surface area contributed by atoms with Crippen LogP contribution in [-0.2, 0) is 16.1 Å². The van der Waals surface area contributed by atoms with Crippen molar-refractivity contribution in [3.63, 3.8) is 0 Å². The van der Waals surface area contributed by atoms with Gasteiger partial charge in [-0.1, -0.05) is 12.1 Å². The van der Waals surface area contributed by atoms with Gasteiger partial charge in [-0.15, -0.1) is 11.3 Å². The molecule has 0 aliphatic carbocycles. The normalized spacial score (nSPS) is 17.5. The van der Waals surface area contributed by atoms with Gasteiger partial charge in [0.15, 0.2) is 0 Å². The molecule has 1 fully saturated rings. The van der Waals surface area contributed by atoms with Crippen molar-refractivity contribution in [1.82, 2.24) is 5.32 Å². The predicted molar refractivity (Wildman–Crippen MR) is 96.6 cm³/mol. The van der Waals surface area contributed by atoms with E-state index in [4.69, 9.17) is 9.47 Å². The molecule has 0 radical (unpaired) electrons. The van der Waals surface area contributed by atoms with Crippen LogP contribution in [0.1, 0.15) is 34.5 Å². The molecular weight excluding hydrogens is 354 g/mol. The van der Waals surface area contributed by atoms with Gasteiger partial charge in [0.05, 0.1) is 16.8 Å². The first-order valence-electron chi connectivity index (χ1n) is 8.53. The summed E-state index contributed by atoms with van der Waals surface area (Å²) in [6.45, 7) is 1.34. The van der Waals surface area contributed by atoms with E-state index in [9.17, 15) is 14.7 Å². The van der Waals surface area contributed by atoms with Crippen molar-refractivity contribution in [3.05, 3.63) is 40.8 Å². The maximum Gasteiger partial charge on any atom is 0.305 e. The number of para-hydroxylation sites is 1. The summed E-state index contributed by atoms with van der Waals surface area (Å²) in [5, 5.41) is 12.2. The van der Waals surface area contributed by atoms with Gasteiger partial charge in [-0.3, -0.25) is 9.59 Å². The van der Waals surface area contributed by atoms with Crippen LogP contribution in [0, 0.1) is 0 Å². The average Bonchev–Trinajstić information content (AvgIpc) is 3.06. The van der Waals surface area contributed by atoms with Gasteiger partial charge < -0.3 is 19.9 Å². The van der Waals surface area contributed by atoms with Crippen molar-refractivity contribution in [2.45, 2.75) is 31.4 Å². The van der Waals surface area contributed by atoms with Crippen molar-refractivity contribution in [1.29, 1.82) is 0 Å². The number of nitrogens with one attached hydrogen (secondary N) is 1. The molecule has 2 aromatic rings. The third-order valence-corrected chi connectivity index (χ3v) is 6.08. The zero-order valence-electron chi connectivity index (χ0n) is 14.1. The van der Waals surface area contributed by atoms with Gasteiger partial charge in [-0.05, 0) is 31.0 Å². The number of hydrogen-bond acceptors (Lipinski definition) is 5. The number of rotatable bonds is 4. The van der Waals surface area contributed by atoms with Crippen molar-refractivity contribution in [2.75, 3.05) is 13.2 Å². The number of aliphatic carboxylic acids is 1. The summed E-state index contributed by atoms with van der Waals surface area (Å²) in [4.78, 5) is 25.7. The first-order chi connectivity index (χ1) is 12.6. The van der Waals surface area contributed by atoms with Crippen LogP contribution in [0.25, 0.3) is 10.4 Å². The Hall–Kier alpha value is -2.38. The monoisotopic (exact) mass is 373 g/mol. The van der Waals surface area contributed by atoms with Crippen LogP contribution in [0.2, 0.25) is 0 Å². The standard InChI is InChI=1S/C19H19NO5S/c21-16(22)10-19(5-7-24-8-6-19)20-18(23)15-9-12-11-25-14-4-2-1-3-13(14)17(12)26-15/h1-4,9H,5-8,10-11H2,(H,20,23)(H,21,22). The van der Waals surface area contributed by atoms with E-state index in [1.165, 1.54) is 11.3 Å². The molecule has 0 atom stereocenters. The maximum atomic E-state index is 12.9. The summed E-state index contributed by atoms with van der Waals surface area (Å²) in [6.07, 6.45) is 0.906. The first kappa shape index (κ1) is 17.1. The Kier molecular flexibility index (Phi) is 4.42. The quantitative estimate of drug-likeness (QED) is 0.860. The fraction of sp³-hybridized carbons (Fsp3) is 0.368. The number of fused-ring (bicyclic) bond motifs is 3. The van der Waals surface area contributed by atoms with E-state index in [0.29, 0.717) is 37.5 Å². The van der Waals surface area contributed by atoms with Crippen LogP contribution in [0.4, 0.5) is 0 Å². The summed E-state index contributed by atoms with van der Waals surface area (Å²) in [5.41, 5.74) is 1.22. The minimum atomic E-state index is -0.917. The molecular formula is C19H19NO5S. The highest BCUT2D eigenvalue weighted by atomic mass is 32.1. The van der Waals surface area contributed by atoms with Gasteiger partial charge in [-0.2, -0.15) is 0 Å². The zero-order chi connectivity index (χ0) is 18.1. The number of hydrogen-bond donors (Lipinski definition) is 2. The Morgan fingerprint density at radius 2 is 2.00 bits per heavy atom. The van der Waals surface area contributed by atoms with E-state index < -0.39 is 11.5 Å². The van der Waals surface area contributed by atoms with Gasteiger partial charge in [0.2, 0.25) is 0 Å². The third-order valence-electron chi connectivity index (χ3n) is 4.87. The zero-order valence-corrected chi connectivity index (χ0v) is 14.9. The van der Waals surface area contributed by atoms with Crippen molar-refractivity contribution in [2.24, 2.45) is 0 Å². The van der Waals surface area contributed by atoms with E-state index >= 15 is 0 Å². The smallest absolute Gasteiger partial charge is 0.305 e. The van der Waals surface area contributed by atoms with Gasteiger partial charge >= 0.3 is 5.97 Å².